The molecule has 0 amide bonds. The van der Waals surface area contributed by atoms with Crippen LogP contribution in [-0.2, 0) is 0 Å². The van der Waals surface area contributed by atoms with E-state index < -0.39 is 0 Å². The van der Waals surface area contributed by atoms with Gasteiger partial charge in [-0.15, -0.1) is 0 Å². The average Bonchev–Trinajstić information content (AvgIpc) is 3.06. The Kier molecular flexibility index (Phi) is 3.06. The quantitative estimate of drug-likeness (QED) is 0.615. The van der Waals surface area contributed by atoms with Crippen LogP contribution in [0.15, 0.2) is 17.1 Å². The lowest BCUT2D eigenvalue weighted by Gasteiger charge is -2.08. The molecule has 1 fully saturated rings. The van der Waals surface area contributed by atoms with E-state index in [0.717, 1.165) is 35.5 Å². The Balaban J connectivity index is 2.44. The van der Waals surface area contributed by atoms with E-state index in [1.807, 2.05) is 13.8 Å². The minimum absolute atomic E-state index is 0.124. The van der Waals surface area contributed by atoms with Gasteiger partial charge in [-0.3, -0.25) is 4.99 Å². The lowest BCUT2D eigenvalue weighted by molar-refractivity contribution is 0.608. The molecule has 0 aliphatic carbocycles. The van der Waals surface area contributed by atoms with Crippen LogP contribution in [0.2, 0.25) is 0 Å². The first-order valence-electron chi connectivity index (χ1n) is 5.70. The first-order valence-corrected chi connectivity index (χ1v) is 5.70. The number of aliphatic imine (C=N–C) groups is 1. The molecule has 1 N–H and O–H groups in total. The first kappa shape index (κ1) is 11.3. The molecule has 0 radical (unpaired) electrons. The predicted octanol–water partition coefficient (Wildman–Crippen LogP) is 3.28. The number of rotatable bonds is 3. The van der Waals surface area contributed by atoms with Gasteiger partial charge in [0.1, 0.15) is 5.82 Å². The average molecular weight is 220 g/mol. The van der Waals surface area contributed by atoms with Crippen molar-refractivity contribution in [1.29, 1.82) is 0 Å². The fourth-order valence-corrected chi connectivity index (χ4v) is 1.78. The van der Waals surface area contributed by atoms with E-state index in [1.54, 1.807) is 6.07 Å². The second-order valence-electron chi connectivity index (χ2n) is 4.27. The topological polar surface area (TPSA) is 34.3 Å². The van der Waals surface area contributed by atoms with Gasteiger partial charge in [0.05, 0.1) is 5.69 Å². The van der Waals surface area contributed by atoms with Gasteiger partial charge in [-0.05, 0) is 38.0 Å². The van der Waals surface area contributed by atoms with Crippen LogP contribution in [0.25, 0.3) is 0 Å². The summed E-state index contributed by atoms with van der Waals surface area (Å²) in [6.45, 7) is 6.89. The molecule has 1 unspecified atom stereocenters. The molecule has 2 rings (SSSR count). The monoisotopic (exact) mass is 220 g/mol. The summed E-state index contributed by atoms with van der Waals surface area (Å²) in [5.41, 5.74) is 3.71. The van der Waals surface area contributed by atoms with Crippen molar-refractivity contribution in [3.05, 3.63) is 29.1 Å². The van der Waals surface area contributed by atoms with Crippen LogP contribution in [0, 0.1) is 12.7 Å². The molecule has 16 heavy (non-hydrogen) atoms. The Hall–Kier alpha value is -1.22. The zero-order valence-corrected chi connectivity index (χ0v) is 9.97. The van der Waals surface area contributed by atoms with Crippen LogP contribution in [0.5, 0.6) is 0 Å². The second kappa shape index (κ2) is 4.34. The zero-order valence-electron chi connectivity index (χ0n) is 9.97. The van der Waals surface area contributed by atoms with Gasteiger partial charge in [-0.25, -0.2) is 4.39 Å². The van der Waals surface area contributed by atoms with E-state index >= 15 is 0 Å². The van der Waals surface area contributed by atoms with E-state index in [9.17, 15) is 4.39 Å². The zero-order chi connectivity index (χ0) is 11.7. The van der Waals surface area contributed by atoms with Gasteiger partial charge in [0, 0.05) is 23.9 Å². The summed E-state index contributed by atoms with van der Waals surface area (Å²) in [7, 11) is 0. The van der Waals surface area contributed by atoms with E-state index in [2.05, 4.69) is 17.2 Å². The molecule has 3 heteroatoms. The summed E-state index contributed by atoms with van der Waals surface area (Å²) in [6.07, 6.45) is 0.924. The summed E-state index contributed by atoms with van der Waals surface area (Å²) >= 11 is 0. The Bertz CT molecular complexity index is 434. The highest BCUT2D eigenvalue weighted by Crippen LogP contribution is 2.33. The van der Waals surface area contributed by atoms with Gasteiger partial charge >= 0.3 is 0 Å². The van der Waals surface area contributed by atoms with Crippen molar-refractivity contribution >= 4 is 11.4 Å². The van der Waals surface area contributed by atoms with Crippen molar-refractivity contribution in [2.75, 3.05) is 6.54 Å². The molecule has 1 saturated heterocycles. The molecule has 86 valence electrons. The van der Waals surface area contributed by atoms with Gasteiger partial charge in [0.15, 0.2) is 0 Å². The normalized spacial score (nSPS) is 20.0. The SMILES string of the molecule is CCC(C)=Nc1ccc(F)c(C2CN2)c1C. The largest absolute Gasteiger partial charge is 0.307 e. The number of benzene rings is 1. The predicted molar refractivity (Wildman–Crippen MR) is 64.9 cm³/mol. The summed E-state index contributed by atoms with van der Waals surface area (Å²) < 4.78 is 13.7. The minimum Gasteiger partial charge on any atom is -0.307 e. The molecule has 1 aliphatic rings. The van der Waals surface area contributed by atoms with Crippen LogP contribution in [0.3, 0.4) is 0 Å². The van der Waals surface area contributed by atoms with Crippen LogP contribution in [0.4, 0.5) is 10.1 Å². The summed E-state index contributed by atoms with van der Waals surface area (Å²) in [5, 5.41) is 3.14. The lowest BCUT2D eigenvalue weighted by atomic mass is 10.0. The Morgan fingerprint density at radius 2 is 2.25 bits per heavy atom. The molecular weight excluding hydrogens is 203 g/mol. The van der Waals surface area contributed by atoms with Crippen molar-refractivity contribution in [1.82, 2.24) is 5.32 Å². The van der Waals surface area contributed by atoms with Crippen molar-refractivity contribution in [3.63, 3.8) is 0 Å². The molecule has 2 nitrogen and oxygen atoms in total. The highest BCUT2D eigenvalue weighted by molar-refractivity contribution is 5.84. The number of nitrogens with one attached hydrogen (secondary N) is 1. The van der Waals surface area contributed by atoms with E-state index in [4.69, 9.17) is 0 Å². The fraction of sp³-hybridized carbons (Fsp3) is 0.462. The Morgan fingerprint density at radius 3 is 2.81 bits per heavy atom. The maximum Gasteiger partial charge on any atom is 0.128 e. The van der Waals surface area contributed by atoms with E-state index in [1.165, 1.54) is 6.07 Å². The summed E-state index contributed by atoms with van der Waals surface area (Å²) in [5.74, 6) is -0.124. The Labute approximate surface area is 95.6 Å². The number of hydrogen-bond acceptors (Lipinski definition) is 2. The highest BCUT2D eigenvalue weighted by Gasteiger charge is 2.28. The summed E-state index contributed by atoms with van der Waals surface area (Å²) in [4.78, 5) is 4.51. The first-order chi connectivity index (χ1) is 7.63. The maximum absolute atomic E-state index is 13.7. The number of halogens is 1. The molecule has 1 aromatic carbocycles. The molecular formula is C13H17FN2. The van der Waals surface area contributed by atoms with Gasteiger partial charge in [-0.1, -0.05) is 6.92 Å². The Morgan fingerprint density at radius 1 is 1.56 bits per heavy atom. The number of hydrogen-bond donors (Lipinski definition) is 1. The highest BCUT2D eigenvalue weighted by atomic mass is 19.1. The van der Waals surface area contributed by atoms with Gasteiger partial charge in [0.2, 0.25) is 0 Å². The molecule has 1 aromatic rings. The molecule has 0 aromatic heterocycles. The van der Waals surface area contributed by atoms with Gasteiger partial charge < -0.3 is 5.32 Å². The number of nitrogens with zero attached hydrogens (tertiary/aromatic N) is 1. The summed E-state index contributed by atoms with van der Waals surface area (Å²) in [6, 6.07) is 3.47. The molecule has 0 spiro atoms. The van der Waals surface area contributed by atoms with Crippen LogP contribution in [-0.4, -0.2) is 12.3 Å². The molecule has 1 atom stereocenters. The van der Waals surface area contributed by atoms with Gasteiger partial charge in [-0.2, -0.15) is 0 Å². The standard InChI is InChI=1S/C13H17FN2/c1-4-8(2)16-11-6-5-10(14)13(9(11)3)12-7-15-12/h5-6,12,15H,4,7H2,1-3H3. The van der Waals surface area contributed by atoms with E-state index in [0.29, 0.717) is 0 Å². The third-order valence-electron chi connectivity index (χ3n) is 3.01. The third kappa shape index (κ3) is 2.14. The molecule has 0 saturated carbocycles. The van der Waals surface area contributed by atoms with Gasteiger partial charge in [0.25, 0.3) is 0 Å². The van der Waals surface area contributed by atoms with E-state index in [-0.39, 0.29) is 11.9 Å². The molecule has 1 heterocycles. The maximum atomic E-state index is 13.7. The van der Waals surface area contributed by atoms with Crippen molar-refractivity contribution in [2.45, 2.75) is 33.2 Å². The minimum atomic E-state index is -0.124. The third-order valence-corrected chi connectivity index (χ3v) is 3.01. The molecule has 0 bridgehead atoms. The van der Waals surface area contributed by atoms with Crippen LogP contribution >= 0.6 is 0 Å². The van der Waals surface area contributed by atoms with Crippen LogP contribution < -0.4 is 5.32 Å². The van der Waals surface area contributed by atoms with Crippen molar-refractivity contribution in [2.24, 2.45) is 4.99 Å². The van der Waals surface area contributed by atoms with Crippen LogP contribution in [0.1, 0.15) is 37.4 Å². The van der Waals surface area contributed by atoms with Crippen molar-refractivity contribution in [3.8, 4) is 0 Å². The second-order valence-corrected chi connectivity index (χ2v) is 4.27. The van der Waals surface area contributed by atoms with Crippen molar-refractivity contribution < 1.29 is 4.39 Å². The fourth-order valence-electron chi connectivity index (χ4n) is 1.78. The smallest absolute Gasteiger partial charge is 0.128 e. The molecule has 1 aliphatic heterocycles. The lowest BCUT2D eigenvalue weighted by Crippen LogP contribution is -1.96.